The molecule has 0 unspecified atom stereocenters. The fourth-order valence-electron chi connectivity index (χ4n) is 2.64. The van der Waals surface area contributed by atoms with Crippen LogP contribution in [0.15, 0.2) is 34.5 Å². The molecule has 0 aliphatic carbocycles. The lowest BCUT2D eigenvalue weighted by molar-refractivity contribution is -0.117. The molecule has 12 heteroatoms. The lowest BCUT2D eigenvalue weighted by Gasteiger charge is -2.08. The second kappa shape index (κ2) is 8.74. The number of Topliss-reactive ketones (excluding diaryl/α,β-unsaturated/α-hetero) is 1. The average molecular weight is 495 g/mol. The number of nitrogens with zero attached hydrogens (tertiary/aromatic N) is 2. The Labute approximate surface area is 183 Å². The fourth-order valence-corrected chi connectivity index (χ4v) is 5.45. The smallest absolute Gasteiger partial charge is 0.299 e. The Kier molecular flexibility index (Phi) is 6.66. The van der Waals surface area contributed by atoms with E-state index in [4.69, 9.17) is 11.6 Å². The molecule has 30 heavy (non-hydrogen) atoms. The average Bonchev–Trinajstić information content (AvgIpc) is 3.27. The van der Waals surface area contributed by atoms with Gasteiger partial charge in [0.2, 0.25) is 0 Å². The van der Waals surface area contributed by atoms with E-state index in [9.17, 15) is 26.4 Å². The van der Waals surface area contributed by atoms with E-state index in [1.165, 1.54) is 34.8 Å². The molecule has 0 spiro atoms. The normalized spacial score (nSPS) is 12.3. The SMILES string of the molecule is Cc1nc(CCl)c(-c2csc(CC(=O)Cc3ccc(S(=O)(=O)C(F)(F)F)cc3)n2)s1. The van der Waals surface area contributed by atoms with Gasteiger partial charge < -0.3 is 0 Å². The van der Waals surface area contributed by atoms with Crippen molar-refractivity contribution in [1.82, 2.24) is 9.97 Å². The Morgan fingerprint density at radius 3 is 2.40 bits per heavy atom. The van der Waals surface area contributed by atoms with Crippen LogP contribution in [0, 0.1) is 6.92 Å². The number of thiazole rings is 2. The molecule has 0 aliphatic rings. The predicted molar refractivity (Wildman–Crippen MR) is 110 cm³/mol. The molecule has 2 heterocycles. The van der Waals surface area contributed by atoms with E-state index in [0.717, 1.165) is 27.7 Å². The molecule has 0 saturated carbocycles. The first kappa shape index (κ1) is 22.9. The van der Waals surface area contributed by atoms with Gasteiger partial charge >= 0.3 is 5.51 Å². The van der Waals surface area contributed by atoms with Gasteiger partial charge in [-0.05, 0) is 24.6 Å². The molecule has 0 N–H and O–H groups in total. The van der Waals surface area contributed by atoms with Crippen molar-refractivity contribution in [1.29, 1.82) is 0 Å². The van der Waals surface area contributed by atoms with Crippen molar-refractivity contribution in [2.45, 2.75) is 36.0 Å². The van der Waals surface area contributed by atoms with Gasteiger partial charge in [-0.25, -0.2) is 18.4 Å². The third-order valence-corrected chi connectivity index (χ3v) is 7.64. The van der Waals surface area contributed by atoms with Crippen LogP contribution in [0.25, 0.3) is 10.6 Å². The number of carbonyl (C=O) groups excluding carboxylic acids is 1. The molecule has 0 bridgehead atoms. The largest absolute Gasteiger partial charge is 0.501 e. The molecular formula is C18H14ClF3N2O3S3. The third kappa shape index (κ3) is 4.90. The molecule has 5 nitrogen and oxygen atoms in total. The summed E-state index contributed by atoms with van der Waals surface area (Å²) >= 11 is 8.69. The van der Waals surface area contributed by atoms with Crippen LogP contribution in [0.3, 0.4) is 0 Å². The van der Waals surface area contributed by atoms with Crippen molar-refractivity contribution >= 4 is 49.9 Å². The van der Waals surface area contributed by atoms with E-state index in [0.29, 0.717) is 16.3 Å². The van der Waals surface area contributed by atoms with Crippen LogP contribution in [0.5, 0.6) is 0 Å². The first-order valence-corrected chi connectivity index (χ1v) is 12.1. The van der Waals surface area contributed by atoms with E-state index in [1.807, 2.05) is 12.3 Å². The Bertz CT molecular complexity index is 1170. The number of hydrogen-bond acceptors (Lipinski definition) is 7. The second-order valence-corrected chi connectivity index (χ2v) is 10.6. The minimum absolute atomic E-state index is 0.0478. The summed E-state index contributed by atoms with van der Waals surface area (Å²) in [5.74, 6) is 0.0614. The number of ketones is 1. The Morgan fingerprint density at radius 2 is 1.80 bits per heavy atom. The van der Waals surface area contributed by atoms with Gasteiger partial charge in [0.15, 0.2) is 0 Å². The van der Waals surface area contributed by atoms with Crippen LogP contribution < -0.4 is 0 Å². The number of hydrogen-bond donors (Lipinski definition) is 0. The molecule has 3 rings (SSSR count). The van der Waals surface area contributed by atoms with Crippen LogP contribution in [0.1, 0.15) is 21.3 Å². The maximum atomic E-state index is 12.6. The van der Waals surface area contributed by atoms with E-state index in [-0.39, 0.29) is 24.5 Å². The summed E-state index contributed by atoms with van der Waals surface area (Å²) in [7, 11) is -5.40. The predicted octanol–water partition coefficient (Wildman–Crippen LogP) is 4.96. The van der Waals surface area contributed by atoms with Crippen molar-refractivity contribution < 1.29 is 26.4 Å². The van der Waals surface area contributed by atoms with Gasteiger partial charge in [-0.2, -0.15) is 13.2 Å². The van der Waals surface area contributed by atoms with Crippen LogP contribution in [0.4, 0.5) is 13.2 Å². The first-order valence-electron chi connectivity index (χ1n) is 8.40. The van der Waals surface area contributed by atoms with Crippen LogP contribution in [-0.2, 0) is 33.4 Å². The van der Waals surface area contributed by atoms with E-state index in [1.54, 1.807) is 0 Å². The summed E-state index contributed by atoms with van der Waals surface area (Å²) in [6, 6.07) is 4.12. The third-order valence-electron chi connectivity index (χ3n) is 4.00. The van der Waals surface area contributed by atoms with Crippen molar-refractivity contribution in [3.05, 3.63) is 50.9 Å². The number of rotatable bonds is 7. The Morgan fingerprint density at radius 1 is 1.13 bits per heavy atom. The highest BCUT2D eigenvalue weighted by Crippen LogP contribution is 2.32. The lowest BCUT2D eigenvalue weighted by Crippen LogP contribution is -2.23. The number of sulfone groups is 1. The summed E-state index contributed by atoms with van der Waals surface area (Å²) in [4.78, 5) is 21.1. The highest BCUT2D eigenvalue weighted by atomic mass is 35.5. The van der Waals surface area contributed by atoms with Gasteiger partial charge in [0, 0.05) is 11.8 Å². The van der Waals surface area contributed by atoms with Crippen molar-refractivity contribution in [3.8, 4) is 10.6 Å². The second-order valence-electron chi connectivity index (χ2n) is 6.25. The van der Waals surface area contributed by atoms with E-state index in [2.05, 4.69) is 9.97 Å². The minimum Gasteiger partial charge on any atom is -0.299 e. The van der Waals surface area contributed by atoms with Gasteiger partial charge in [0.1, 0.15) is 10.8 Å². The van der Waals surface area contributed by atoms with Crippen LogP contribution in [0.2, 0.25) is 0 Å². The Hall–Kier alpha value is -1.82. The quantitative estimate of drug-likeness (QED) is 0.434. The number of benzene rings is 1. The maximum Gasteiger partial charge on any atom is 0.501 e. The summed E-state index contributed by atoms with van der Waals surface area (Å²) < 4.78 is 60.5. The fraction of sp³-hybridized carbons (Fsp3) is 0.278. The highest BCUT2D eigenvalue weighted by Gasteiger charge is 2.46. The molecule has 0 radical (unpaired) electrons. The summed E-state index contributed by atoms with van der Waals surface area (Å²) in [5, 5.41) is 3.28. The zero-order valence-corrected chi connectivity index (χ0v) is 18.6. The molecule has 0 aliphatic heterocycles. The topological polar surface area (TPSA) is 77.0 Å². The van der Waals surface area contributed by atoms with Gasteiger partial charge in [-0.3, -0.25) is 4.79 Å². The molecule has 160 valence electrons. The molecular weight excluding hydrogens is 481 g/mol. The molecule has 0 amide bonds. The standard InChI is InChI=1S/C18H14ClF3N2O3S3/c1-10-23-14(8-19)17(29-10)15-9-28-16(24-15)7-12(25)6-11-2-4-13(5-3-11)30(26,27)18(20,21)22/h2-5,9H,6-8H2,1H3. The van der Waals surface area contributed by atoms with E-state index >= 15 is 0 Å². The maximum absolute atomic E-state index is 12.6. The number of carbonyl (C=O) groups is 1. The van der Waals surface area contributed by atoms with Gasteiger partial charge in [0.05, 0.1) is 38.5 Å². The van der Waals surface area contributed by atoms with Crippen LogP contribution >= 0.6 is 34.3 Å². The number of halogens is 4. The molecule has 1 aromatic carbocycles. The Balaban J connectivity index is 1.67. The summed E-state index contributed by atoms with van der Waals surface area (Å²) in [6.07, 6.45) is 0.00904. The molecule has 0 fully saturated rings. The molecule has 0 saturated heterocycles. The minimum atomic E-state index is -5.40. The van der Waals surface area contributed by atoms with Crippen molar-refractivity contribution in [2.75, 3.05) is 0 Å². The highest BCUT2D eigenvalue weighted by molar-refractivity contribution is 7.92. The first-order chi connectivity index (χ1) is 14.0. The zero-order valence-electron chi connectivity index (χ0n) is 15.4. The molecule has 0 atom stereocenters. The summed E-state index contributed by atoms with van der Waals surface area (Å²) in [5.41, 5.74) is -3.52. The van der Waals surface area contributed by atoms with Crippen molar-refractivity contribution in [2.24, 2.45) is 0 Å². The number of aryl methyl sites for hydroxylation is 1. The molecule has 3 aromatic rings. The number of aromatic nitrogens is 2. The zero-order chi connectivity index (χ0) is 22.1. The van der Waals surface area contributed by atoms with Crippen molar-refractivity contribution in [3.63, 3.8) is 0 Å². The van der Waals surface area contributed by atoms with Gasteiger partial charge in [-0.1, -0.05) is 12.1 Å². The summed E-state index contributed by atoms with van der Waals surface area (Å²) in [6.45, 7) is 1.87. The molecule has 2 aromatic heterocycles. The monoisotopic (exact) mass is 494 g/mol. The van der Waals surface area contributed by atoms with Gasteiger partial charge in [-0.15, -0.1) is 34.3 Å². The van der Waals surface area contributed by atoms with Crippen LogP contribution in [-0.4, -0.2) is 29.7 Å². The van der Waals surface area contributed by atoms with Gasteiger partial charge in [0.25, 0.3) is 9.84 Å². The lowest BCUT2D eigenvalue weighted by atomic mass is 10.1. The number of alkyl halides is 4. The van der Waals surface area contributed by atoms with E-state index < -0.39 is 20.2 Å².